The lowest BCUT2D eigenvalue weighted by Crippen LogP contribution is -2.00. The van der Waals surface area contributed by atoms with E-state index < -0.39 is 0 Å². The van der Waals surface area contributed by atoms with Gasteiger partial charge in [-0.15, -0.1) is 0 Å². The van der Waals surface area contributed by atoms with E-state index in [0.29, 0.717) is 6.61 Å². The summed E-state index contributed by atoms with van der Waals surface area (Å²) in [6.07, 6.45) is 2.34. The van der Waals surface area contributed by atoms with Gasteiger partial charge in [0.15, 0.2) is 0 Å². The summed E-state index contributed by atoms with van der Waals surface area (Å²) >= 11 is 0. The van der Waals surface area contributed by atoms with Gasteiger partial charge in [0.1, 0.15) is 5.75 Å². The van der Waals surface area contributed by atoms with Crippen molar-refractivity contribution in [1.82, 2.24) is 0 Å². The van der Waals surface area contributed by atoms with Crippen LogP contribution >= 0.6 is 0 Å². The number of anilines is 1. The molecule has 20 heavy (non-hydrogen) atoms. The molecule has 0 spiro atoms. The third kappa shape index (κ3) is 4.30. The minimum atomic E-state index is 0.704. The van der Waals surface area contributed by atoms with Gasteiger partial charge in [-0.2, -0.15) is 0 Å². The molecule has 2 aromatic carbocycles. The largest absolute Gasteiger partial charge is 0.494 e. The van der Waals surface area contributed by atoms with Gasteiger partial charge in [0.2, 0.25) is 0 Å². The molecule has 0 aliphatic heterocycles. The van der Waals surface area contributed by atoms with E-state index in [-0.39, 0.29) is 0 Å². The Kier molecular flexibility index (Phi) is 5.48. The van der Waals surface area contributed by atoms with E-state index in [0.717, 1.165) is 24.4 Å². The van der Waals surface area contributed by atoms with Crippen LogP contribution in [0.15, 0.2) is 48.5 Å². The number of hydrogen-bond acceptors (Lipinski definition) is 2. The molecule has 2 nitrogen and oxygen atoms in total. The molecule has 0 aliphatic carbocycles. The van der Waals surface area contributed by atoms with E-state index in [9.17, 15) is 0 Å². The molecule has 1 N–H and O–H groups in total. The van der Waals surface area contributed by atoms with Crippen LogP contribution in [0.4, 0.5) is 5.69 Å². The summed E-state index contributed by atoms with van der Waals surface area (Å²) in [6, 6.07) is 16.9. The Morgan fingerprint density at radius 1 is 0.950 bits per heavy atom. The van der Waals surface area contributed by atoms with Crippen LogP contribution in [0.5, 0.6) is 5.75 Å². The SMILES string of the molecule is CCCc1ccc(NCc2cccc(OCC)c2)cc1. The Labute approximate surface area is 121 Å². The van der Waals surface area contributed by atoms with Crippen molar-refractivity contribution in [3.8, 4) is 5.75 Å². The van der Waals surface area contributed by atoms with Crippen molar-refractivity contribution in [3.63, 3.8) is 0 Å². The molecule has 0 saturated carbocycles. The smallest absolute Gasteiger partial charge is 0.119 e. The van der Waals surface area contributed by atoms with Gasteiger partial charge in [-0.05, 0) is 48.7 Å². The fourth-order valence-electron chi connectivity index (χ4n) is 2.19. The highest BCUT2D eigenvalue weighted by Crippen LogP contribution is 2.16. The third-order valence-electron chi connectivity index (χ3n) is 3.20. The van der Waals surface area contributed by atoms with E-state index in [2.05, 4.69) is 48.6 Å². The molecule has 0 atom stereocenters. The second kappa shape index (κ2) is 7.59. The zero-order valence-corrected chi connectivity index (χ0v) is 12.4. The van der Waals surface area contributed by atoms with Crippen molar-refractivity contribution in [2.24, 2.45) is 0 Å². The van der Waals surface area contributed by atoms with Gasteiger partial charge in [0.05, 0.1) is 6.61 Å². The fraction of sp³-hybridized carbons (Fsp3) is 0.333. The van der Waals surface area contributed by atoms with Crippen LogP contribution < -0.4 is 10.1 Å². The second-order valence-electron chi connectivity index (χ2n) is 4.88. The van der Waals surface area contributed by atoms with E-state index >= 15 is 0 Å². The molecule has 0 heterocycles. The summed E-state index contributed by atoms with van der Waals surface area (Å²) in [5.74, 6) is 0.935. The predicted molar refractivity (Wildman–Crippen MR) is 85.4 cm³/mol. The molecule has 2 aromatic rings. The number of aryl methyl sites for hydroxylation is 1. The highest BCUT2D eigenvalue weighted by molar-refractivity contribution is 5.45. The molecule has 106 valence electrons. The van der Waals surface area contributed by atoms with Gasteiger partial charge in [-0.3, -0.25) is 0 Å². The van der Waals surface area contributed by atoms with Gasteiger partial charge in [0.25, 0.3) is 0 Å². The van der Waals surface area contributed by atoms with Crippen molar-refractivity contribution in [1.29, 1.82) is 0 Å². The minimum Gasteiger partial charge on any atom is -0.494 e. The van der Waals surface area contributed by atoms with Crippen molar-refractivity contribution in [2.45, 2.75) is 33.2 Å². The Balaban J connectivity index is 1.92. The Morgan fingerprint density at radius 3 is 2.45 bits per heavy atom. The third-order valence-corrected chi connectivity index (χ3v) is 3.20. The van der Waals surface area contributed by atoms with Gasteiger partial charge in [0, 0.05) is 12.2 Å². The number of benzene rings is 2. The summed E-state index contributed by atoms with van der Waals surface area (Å²) in [4.78, 5) is 0. The minimum absolute atomic E-state index is 0.704. The van der Waals surface area contributed by atoms with E-state index in [1.165, 1.54) is 17.5 Å². The van der Waals surface area contributed by atoms with Crippen LogP contribution in [0.3, 0.4) is 0 Å². The summed E-state index contributed by atoms with van der Waals surface area (Å²) in [5, 5.41) is 3.44. The standard InChI is InChI=1S/C18H23NO/c1-3-6-15-9-11-17(12-10-15)19-14-16-7-5-8-18(13-16)20-4-2/h5,7-13,19H,3-4,6,14H2,1-2H3. The van der Waals surface area contributed by atoms with Crippen LogP contribution in [-0.2, 0) is 13.0 Å². The zero-order chi connectivity index (χ0) is 14.2. The normalized spacial score (nSPS) is 10.3. The highest BCUT2D eigenvalue weighted by atomic mass is 16.5. The Hall–Kier alpha value is -1.96. The number of hydrogen-bond donors (Lipinski definition) is 1. The molecule has 0 fully saturated rings. The predicted octanol–water partition coefficient (Wildman–Crippen LogP) is 4.65. The molecule has 0 saturated heterocycles. The lowest BCUT2D eigenvalue weighted by Gasteiger charge is -2.09. The topological polar surface area (TPSA) is 21.3 Å². The monoisotopic (exact) mass is 269 g/mol. The summed E-state index contributed by atoms with van der Waals surface area (Å²) < 4.78 is 5.51. The quantitative estimate of drug-likeness (QED) is 0.790. The van der Waals surface area contributed by atoms with Crippen molar-refractivity contribution < 1.29 is 4.74 Å². The van der Waals surface area contributed by atoms with Crippen molar-refractivity contribution in [2.75, 3.05) is 11.9 Å². The molecule has 0 unspecified atom stereocenters. The first-order valence-electron chi connectivity index (χ1n) is 7.36. The fourth-order valence-corrected chi connectivity index (χ4v) is 2.19. The van der Waals surface area contributed by atoms with E-state index in [4.69, 9.17) is 4.74 Å². The molecular formula is C18H23NO. The molecule has 0 aliphatic rings. The van der Waals surface area contributed by atoms with E-state index in [1.807, 2.05) is 19.1 Å². The van der Waals surface area contributed by atoms with Crippen molar-refractivity contribution >= 4 is 5.69 Å². The van der Waals surface area contributed by atoms with Crippen molar-refractivity contribution in [3.05, 3.63) is 59.7 Å². The average molecular weight is 269 g/mol. The first-order chi connectivity index (χ1) is 9.81. The first kappa shape index (κ1) is 14.4. The molecule has 0 amide bonds. The van der Waals surface area contributed by atoms with Crippen LogP contribution in [0.2, 0.25) is 0 Å². The van der Waals surface area contributed by atoms with Crippen LogP contribution in [0, 0.1) is 0 Å². The van der Waals surface area contributed by atoms with Gasteiger partial charge in [-0.25, -0.2) is 0 Å². The Bertz CT molecular complexity index is 519. The molecule has 2 rings (SSSR count). The maximum Gasteiger partial charge on any atom is 0.119 e. The van der Waals surface area contributed by atoms with E-state index in [1.54, 1.807) is 0 Å². The molecule has 0 radical (unpaired) electrons. The van der Waals surface area contributed by atoms with Crippen LogP contribution in [0.1, 0.15) is 31.4 Å². The van der Waals surface area contributed by atoms with Gasteiger partial charge < -0.3 is 10.1 Å². The van der Waals surface area contributed by atoms with Gasteiger partial charge in [-0.1, -0.05) is 37.6 Å². The number of rotatable bonds is 7. The molecule has 2 heteroatoms. The zero-order valence-electron chi connectivity index (χ0n) is 12.4. The van der Waals surface area contributed by atoms with Crippen LogP contribution in [-0.4, -0.2) is 6.61 Å². The average Bonchev–Trinajstić information content (AvgIpc) is 2.48. The number of ether oxygens (including phenoxy) is 1. The van der Waals surface area contributed by atoms with Crippen LogP contribution in [0.25, 0.3) is 0 Å². The van der Waals surface area contributed by atoms with Gasteiger partial charge >= 0.3 is 0 Å². The second-order valence-corrected chi connectivity index (χ2v) is 4.88. The maximum absolute atomic E-state index is 5.51. The highest BCUT2D eigenvalue weighted by Gasteiger charge is 1.98. The molecular weight excluding hydrogens is 246 g/mol. The first-order valence-corrected chi connectivity index (χ1v) is 7.36. The number of nitrogens with one attached hydrogen (secondary N) is 1. The summed E-state index contributed by atoms with van der Waals surface area (Å²) in [6.45, 7) is 5.73. The summed E-state index contributed by atoms with van der Waals surface area (Å²) in [7, 11) is 0. The Morgan fingerprint density at radius 2 is 1.75 bits per heavy atom. The lowest BCUT2D eigenvalue weighted by atomic mass is 10.1. The molecule has 0 aromatic heterocycles. The lowest BCUT2D eigenvalue weighted by molar-refractivity contribution is 0.340. The maximum atomic E-state index is 5.51. The summed E-state index contributed by atoms with van der Waals surface area (Å²) in [5.41, 5.74) is 3.79. The molecule has 0 bridgehead atoms.